The van der Waals surface area contributed by atoms with E-state index in [0.717, 1.165) is 6.42 Å². The van der Waals surface area contributed by atoms with Gasteiger partial charge in [0, 0.05) is 17.5 Å². The SMILES string of the molecule is CCCCCCOc1ccc2c(O)cc(=O)[nH]c2c1. The van der Waals surface area contributed by atoms with Crippen molar-refractivity contribution < 1.29 is 9.84 Å². The zero-order chi connectivity index (χ0) is 13.7. The molecular weight excluding hydrogens is 242 g/mol. The zero-order valence-corrected chi connectivity index (χ0v) is 11.1. The molecule has 0 aliphatic rings. The molecule has 0 atom stereocenters. The van der Waals surface area contributed by atoms with Crippen LogP contribution in [0, 0.1) is 0 Å². The number of aromatic hydroxyl groups is 1. The van der Waals surface area contributed by atoms with Crippen molar-refractivity contribution in [3.8, 4) is 11.5 Å². The molecule has 2 N–H and O–H groups in total. The van der Waals surface area contributed by atoms with Gasteiger partial charge in [-0.3, -0.25) is 4.79 Å². The Labute approximate surface area is 112 Å². The van der Waals surface area contributed by atoms with Crippen LogP contribution in [-0.4, -0.2) is 16.7 Å². The third-order valence-corrected chi connectivity index (χ3v) is 3.06. The lowest BCUT2D eigenvalue weighted by atomic mass is 10.2. The van der Waals surface area contributed by atoms with Gasteiger partial charge in [0.25, 0.3) is 5.56 Å². The Morgan fingerprint density at radius 2 is 2.05 bits per heavy atom. The van der Waals surface area contributed by atoms with E-state index in [9.17, 15) is 9.90 Å². The average molecular weight is 261 g/mol. The average Bonchev–Trinajstić information content (AvgIpc) is 2.38. The van der Waals surface area contributed by atoms with Crippen molar-refractivity contribution in [2.45, 2.75) is 32.6 Å². The van der Waals surface area contributed by atoms with Crippen molar-refractivity contribution in [2.24, 2.45) is 0 Å². The Morgan fingerprint density at radius 1 is 1.21 bits per heavy atom. The maximum absolute atomic E-state index is 11.3. The van der Waals surface area contributed by atoms with Gasteiger partial charge < -0.3 is 14.8 Å². The van der Waals surface area contributed by atoms with Crippen LogP contribution in [0.15, 0.2) is 29.1 Å². The molecule has 2 rings (SSSR count). The van der Waals surface area contributed by atoms with E-state index >= 15 is 0 Å². The molecular formula is C15H19NO3. The summed E-state index contributed by atoms with van der Waals surface area (Å²) in [6, 6.07) is 6.48. The number of ether oxygens (including phenoxy) is 1. The normalized spacial score (nSPS) is 10.8. The van der Waals surface area contributed by atoms with Gasteiger partial charge in [0.15, 0.2) is 0 Å². The lowest BCUT2D eigenvalue weighted by Crippen LogP contribution is -2.03. The summed E-state index contributed by atoms with van der Waals surface area (Å²) in [5, 5.41) is 10.3. The minimum Gasteiger partial charge on any atom is -0.507 e. The molecule has 0 unspecified atom stereocenters. The van der Waals surface area contributed by atoms with Crippen LogP contribution >= 0.6 is 0 Å². The van der Waals surface area contributed by atoms with E-state index < -0.39 is 0 Å². The highest BCUT2D eigenvalue weighted by molar-refractivity contribution is 5.85. The lowest BCUT2D eigenvalue weighted by molar-refractivity contribution is 0.305. The van der Waals surface area contributed by atoms with Gasteiger partial charge in [0.2, 0.25) is 0 Å². The van der Waals surface area contributed by atoms with Gasteiger partial charge in [0.1, 0.15) is 11.5 Å². The zero-order valence-electron chi connectivity index (χ0n) is 11.1. The summed E-state index contributed by atoms with van der Waals surface area (Å²) in [6.45, 7) is 2.85. The summed E-state index contributed by atoms with van der Waals surface area (Å²) in [5.74, 6) is 0.707. The molecule has 19 heavy (non-hydrogen) atoms. The second kappa shape index (κ2) is 6.27. The largest absolute Gasteiger partial charge is 0.507 e. The van der Waals surface area contributed by atoms with Crippen LogP contribution in [0.5, 0.6) is 11.5 Å². The highest BCUT2D eigenvalue weighted by atomic mass is 16.5. The summed E-state index contributed by atoms with van der Waals surface area (Å²) >= 11 is 0. The van der Waals surface area contributed by atoms with Gasteiger partial charge in [-0.2, -0.15) is 0 Å². The third kappa shape index (κ3) is 3.50. The molecule has 0 aliphatic heterocycles. The standard InChI is InChI=1S/C15H19NO3/c1-2-3-4-5-8-19-11-6-7-12-13(9-11)16-15(18)10-14(12)17/h6-7,9-10H,2-5,8H2,1H3,(H2,16,17,18). The van der Waals surface area contributed by atoms with E-state index in [2.05, 4.69) is 11.9 Å². The van der Waals surface area contributed by atoms with Gasteiger partial charge in [-0.15, -0.1) is 0 Å². The Hall–Kier alpha value is -1.97. The Kier molecular flexibility index (Phi) is 4.44. The van der Waals surface area contributed by atoms with Gasteiger partial charge in [-0.05, 0) is 18.6 Å². The maximum Gasteiger partial charge on any atom is 0.252 e. The van der Waals surface area contributed by atoms with Crippen LogP contribution in [0.4, 0.5) is 0 Å². The predicted octanol–water partition coefficient (Wildman–Crippen LogP) is 3.19. The first kappa shape index (κ1) is 13.5. The quantitative estimate of drug-likeness (QED) is 0.785. The molecule has 0 radical (unpaired) electrons. The van der Waals surface area contributed by atoms with Crippen LogP contribution in [0.1, 0.15) is 32.6 Å². The Morgan fingerprint density at radius 3 is 2.84 bits per heavy atom. The smallest absolute Gasteiger partial charge is 0.252 e. The molecule has 0 bridgehead atoms. The number of H-pyrrole nitrogens is 1. The minimum atomic E-state index is -0.315. The van der Waals surface area contributed by atoms with Crippen molar-refractivity contribution in [3.05, 3.63) is 34.6 Å². The Bertz CT molecular complexity index is 604. The van der Waals surface area contributed by atoms with Crippen LogP contribution < -0.4 is 10.3 Å². The summed E-state index contributed by atoms with van der Waals surface area (Å²) in [5.41, 5.74) is 0.279. The van der Waals surface area contributed by atoms with Crippen LogP contribution in [-0.2, 0) is 0 Å². The van der Waals surface area contributed by atoms with E-state index in [-0.39, 0.29) is 11.3 Å². The molecule has 102 valence electrons. The molecule has 0 fully saturated rings. The highest BCUT2D eigenvalue weighted by Crippen LogP contribution is 2.24. The van der Waals surface area contributed by atoms with Crippen molar-refractivity contribution in [1.29, 1.82) is 0 Å². The molecule has 1 heterocycles. The van der Waals surface area contributed by atoms with Crippen molar-refractivity contribution in [3.63, 3.8) is 0 Å². The van der Waals surface area contributed by atoms with Crippen molar-refractivity contribution >= 4 is 10.9 Å². The van der Waals surface area contributed by atoms with Crippen LogP contribution in [0.2, 0.25) is 0 Å². The number of rotatable bonds is 6. The summed E-state index contributed by atoms with van der Waals surface area (Å²) in [4.78, 5) is 14.0. The van der Waals surface area contributed by atoms with Gasteiger partial charge in [-0.25, -0.2) is 0 Å². The van der Waals surface area contributed by atoms with E-state index in [0.29, 0.717) is 23.3 Å². The van der Waals surface area contributed by atoms with Gasteiger partial charge in [0.05, 0.1) is 12.1 Å². The summed E-state index contributed by atoms with van der Waals surface area (Å²) in [6.07, 6.45) is 4.63. The van der Waals surface area contributed by atoms with Crippen LogP contribution in [0.25, 0.3) is 10.9 Å². The first-order valence-electron chi connectivity index (χ1n) is 6.69. The summed E-state index contributed by atoms with van der Waals surface area (Å²) in [7, 11) is 0. The number of aromatic amines is 1. The molecule has 0 spiro atoms. The second-order valence-corrected chi connectivity index (χ2v) is 4.64. The number of hydrogen-bond donors (Lipinski definition) is 2. The number of nitrogens with one attached hydrogen (secondary N) is 1. The fourth-order valence-corrected chi connectivity index (χ4v) is 2.03. The molecule has 4 nitrogen and oxygen atoms in total. The molecule has 2 aromatic rings. The van der Waals surface area contributed by atoms with E-state index in [1.54, 1.807) is 18.2 Å². The topological polar surface area (TPSA) is 62.3 Å². The van der Waals surface area contributed by atoms with Crippen LogP contribution in [0.3, 0.4) is 0 Å². The van der Waals surface area contributed by atoms with E-state index in [4.69, 9.17) is 4.74 Å². The highest BCUT2D eigenvalue weighted by Gasteiger charge is 2.03. The number of aromatic nitrogens is 1. The van der Waals surface area contributed by atoms with Crippen molar-refractivity contribution in [2.75, 3.05) is 6.61 Å². The van der Waals surface area contributed by atoms with Crippen molar-refractivity contribution in [1.82, 2.24) is 4.98 Å². The predicted molar refractivity (Wildman–Crippen MR) is 75.9 cm³/mol. The van der Waals surface area contributed by atoms with Gasteiger partial charge in [-0.1, -0.05) is 26.2 Å². The monoisotopic (exact) mass is 261 g/mol. The number of fused-ring (bicyclic) bond motifs is 1. The molecule has 0 saturated heterocycles. The van der Waals surface area contributed by atoms with E-state index in [1.807, 2.05) is 0 Å². The third-order valence-electron chi connectivity index (χ3n) is 3.06. The number of pyridine rings is 1. The molecule has 4 heteroatoms. The molecule has 1 aromatic heterocycles. The molecule has 0 amide bonds. The van der Waals surface area contributed by atoms with Gasteiger partial charge >= 0.3 is 0 Å². The second-order valence-electron chi connectivity index (χ2n) is 4.64. The first-order chi connectivity index (χ1) is 9.20. The fraction of sp³-hybridized carbons (Fsp3) is 0.400. The number of benzene rings is 1. The molecule has 1 aromatic carbocycles. The number of unbranched alkanes of at least 4 members (excludes halogenated alkanes) is 3. The molecule has 0 aliphatic carbocycles. The lowest BCUT2D eigenvalue weighted by Gasteiger charge is -2.07. The molecule has 0 saturated carbocycles. The first-order valence-corrected chi connectivity index (χ1v) is 6.69. The maximum atomic E-state index is 11.3. The number of hydrogen-bond acceptors (Lipinski definition) is 3. The van der Waals surface area contributed by atoms with E-state index in [1.165, 1.54) is 25.3 Å². The minimum absolute atomic E-state index is 0.00625. The Balaban J connectivity index is 2.07. The summed E-state index contributed by atoms with van der Waals surface area (Å²) < 4.78 is 5.64. The fourth-order valence-electron chi connectivity index (χ4n) is 2.03.